The molecule has 1 heterocycles. The number of hydrogen-bond acceptors (Lipinski definition) is 4. The molecule has 0 bridgehead atoms. The minimum absolute atomic E-state index is 0.134. The number of nitrogens with zero attached hydrogens (tertiary/aromatic N) is 2. The Morgan fingerprint density at radius 1 is 1.64 bits per heavy atom. The van der Waals surface area contributed by atoms with Crippen molar-refractivity contribution in [1.82, 2.24) is 9.78 Å². The molecular weight excluding hydrogens is 147 g/mol. The highest BCUT2D eigenvalue weighted by molar-refractivity contribution is 6.58. The van der Waals surface area contributed by atoms with Crippen molar-refractivity contribution in [3.8, 4) is 5.75 Å². The van der Waals surface area contributed by atoms with Crippen LogP contribution in [0.4, 0.5) is 0 Å². The molecule has 0 aliphatic rings. The second-order valence-electron chi connectivity index (χ2n) is 2.13. The molecule has 0 aromatic carbocycles. The van der Waals surface area contributed by atoms with Gasteiger partial charge >= 0.3 is 7.12 Å². The third-order valence-corrected chi connectivity index (χ3v) is 1.29. The van der Waals surface area contributed by atoms with E-state index in [9.17, 15) is 0 Å². The van der Waals surface area contributed by atoms with Crippen LogP contribution in [-0.4, -0.2) is 34.1 Å². The molecule has 60 valence electrons. The van der Waals surface area contributed by atoms with E-state index < -0.39 is 7.12 Å². The minimum Gasteiger partial charge on any atom is -0.494 e. The monoisotopic (exact) mass is 156 g/mol. The van der Waals surface area contributed by atoms with Crippen molar-refractivity contribution in [3.05, 3.63) is 6.20 Å². The highest BCUT2D eigenvalue weighted by Crippen LogP contribution is 2.03. The summed E-state index contributed by atoms with van der Waals surface area (Å²) >= 11 is 0. The smallest absolute Gasteiger partial charge is 0.494 e. The number of aromatic nitrogens is 2. The van der Waals surface area contributed by atoms with Gasteiger partial charge < -0.3 is 14.8 Å². The number of ether oxygens (including phenoxy) is 1. The predicted octanol–water partition coefficient (Wildman–Crippen LogP) is -1.89. The highest BCUT2D eigenvalue weighted by atomic mass is 16.5. The zero-order valence-electron chi connectivity index (χ0n) is 6.35. The van der Waals surface area contributed by atoms with Crippen molar-refractivity contribution in [2.24, 2.45) is 7.05 Å². The van der Waals surface area contributed by atoms with Gasteiger partial charge in [-0.05, 0) is 0 Å². The molecule has 0 unspecified atom stereocenters. The van der Waals surface area contributed by atoms with Crippen molar-refractivity contribution < 1.29 is 14.8 Å². The highest BCUT2D eigenvalue weighted by Gasteiger charge is 2.20. The van der Waals surface area contributed by atoms with Crippen LogP contribution in [0.25, 0.3) is 0 Å². The Balaban J connectivity index is 3.02. The zero-order valence-corrected chi connectivity index (χ0v) is 6.35. The quantitative estimate of drug-likeness (QED) is 0.491. The lowest BCUT2D eigenvalue weighted by Gasteiger charge is -1.96. The van der Waals surface area contributed by atoms with Gasteiger partial charge in [0.05, 0.1) is 13.3 Å². The Labute approximate surface area is 64.4 Å². The maximum Gasteiger partial charge on any atom is 0.514 e. The molecule has 0 saturated heterocycles. The van der Waals surface area contributed by atoms with E-state index in [-0.39, 0.29) is 5.59 Å². The van der Waals surface area contributed by atoms with Gasteiger partial charge in [0.15, 0.2) is 5.75 Å². The lowest BCUT2D eigenvalue weighted by Crippen LogP contribution is -2.32. The van der Waals surface area contributed by atoms with Crippen LogP contribution >= 0.6 is 0 Å². The van der Waals surface area contributed by atoms with Crippen LogP contribution in [0.1, 0.15) is 0 Å². The molecule has 0 aliphatic carbocycles. The molecule has 6 heteroatoms. The molecule has 0 fully saturated rings. The number of methoxy groups -OCH3 is 1. The standard InChI is InChI=1S/C5H9BN2O3/c1-8-3-4(11-2)5(7-8)6(9)10/h3,9-10H,1-2H3. The van der Waals surface area contributed by atoms with E-state index in [4.69, 9.17) is 14.8 Å². The molecule has 1 aromatic rings. The van der Waals surface area contributed by atoms with Crippen molar-refractivity contribution in [2.45, 2.75) is 0 Å². The first-order chi connectivity index (χ1) is 5.15. The fraction of sp³-hybridized carbons (Fsp3) is 0.400. The lowest BCUT2D eigenvalue weighted by molar-refractivity contribution is 0.403. The van der Waals surface area contributed by atoms with Crippen LogP contribution in [0, 0.1) is 0 Å². The summed E-state index contributed by atoms with van der Waals surface area (Å²) in [6, 6.07) is 0. The molecule has 2 N–H and O–H groups in total. The molecule has 0 aliphatic heterocycles. The van der Waals surface area contributed by atoms with Crippen molar-refractivity contribution in [3.63, 3.8) is 0 Å². The molecule has 0 spiro atoms. The lowest BCUT2D eigenvalue weighted by atomic mass is 9.86. The van der Waals surface area contributed by atoms with Crippen molar-refractivity contribution in [1.29, 1.82) is 0 Å². The second-order valence-corrected chi connectivity index (χ2v) is 2.13. The molecule has 11 heavy (non-hydrogen) atoms. The molecule has 5 nitrogen and oxygen atoms in total. The van der Waals surface area contributed by atoms with Crippen LogP contribution < -0.4 is 10.3 Å². The summed E-state index contributed by atoms with van der Waals surface area (Å²) in [5.74, 6) is 0.377. The van der Waals surface area contributed by atoms with Crippen LogP contribution in [0.2, 0.25) is 0 Å². The first-order valence-corrected chi connectivity index (χ1v) is 3.09. The van der Waals surface area contributed by atoms with E-state index in [0.29, 0.717) is 5.75 Å². The van der Waals surface area contributed by atoms with Crippen molar-refractivity contribution in [2.75, 3.05) is 7.11 Å². The van der Waals surface area contributed by atoms with Crippen LogP contribution in [0.3, 0.4) is 0 Å². The zero-order chi connectivity index (χ0) is 8.43. The van der Waals surface area contributed by atoms with E-state index in [0.717, 1.165) is 0 Å². The summed E-state index contributed by atoms with van der Waals surface area (Å²) < 4.78 is 6.28. The summed E-state index contributed by atoms with van der Waals surface area (Å²) in [7, 11) is 1.54. The molecule has 0 atom stereocenters. The van der Waals surface area contributed by atoms with Crippen LogP contribution in [0.5, 0.6) is 5.75 Å². The van der Waals surface area contributed by atoms with Gasteiger partial charge in [-0.25, -0.2) is 0 Å². The molecular formula is C5H9BN2O3. The Morgan fingerprint density at radius 2 is 2.27 bits per heavy atom. The largest absolute Gasteiger partial charge is 0.514 e. The molecule has 0 amide bonds. The predicted molar refractivity (Wildman–Crippen MR) is 39.6 cm³/mol. The van der Waals surface area contributed by atoms with Crippen LogP contribution in [0.15, 0.2) is 6.20 Å². The number of aryl methyl sites for hydroxylation is 1. The van der Waals surface area contributed by atoms with Gasteiger partial charge in [0.1, 0.15) is 5.59 Å². The van der Waals surface area contributed by atoms with E-state index >= 15 is 0 Å². The van der Waals surface area contributed by atoms with Gasteiger partial charge in [-0.15, -0.1) is 0 Å². The molecule has 1 rings (SSSR count). The van der Waals surface area contributed by atoms with E-state index in [1.54, 1.807) is 13.2 Å². The first kappa shape index (κ1) is 8.09. The minimum atomic E-state index is -1.58. The summed E-state index contributed by atoms with van der Waals surface area (Å²) in [5.41, 5.74) is 0.134. The average Bonchev–Trinajstić information content (AvgIpc) is 2.30. The van der Waals surface area contributed by atoms with Gasteiger partial charge in [-0.3, -0.25) is 4.68 Å². The Hall–Kier alpha value is -1.01. The maximum atomic E-state index is 8.75. The van der Waals surface area contributed by atoms with E-state index in [1.807, 2.05) is 0 Å². The fourth-order valence-corrected chi connectivity index (χ4v) is 0.820. The first-order valence-electron chi connectivity index (χ1n) is 3.09. The third-order valence-electron chi connectivity index (χ3n) is 1.29. The second kappa shape index (κ2) is 2.94. The fourth-order valence-electron chi connectivity index (χ4n) is 0.820. The van der Waals surface area contributed by atoms with E-state index in [1.165, 1.54) is 11.8 Å². The molecule has 0 saturated carbocycles. The van der Waals surface area contributed by atoms with Gasteiger partial charge in [-0.2, -0.15) is 5.10 Å². The Kier molecular flexibility index (Phi) is 2.16. The normalized spacial score (nSPS) is 9.82. The van der Waals surface area contributed by atoms with Gasteiger partial charge in [0.2, 0.25) is 0 Å². The topological polar surface area (TPSA) is 67.5 Å². The molecule has 0 radical (unpaired) electrons. The number of rotatable bonds is 2. The third kappa shape index (κ3) is 1.52. The Bertz CT molecular complexity index is 248. The Morgan fingerprint density at radius 3 is 2.64 bits per heavy atom. The van der Waals surface area contributed by atoms with Crippen LogP contribution in [-0.2, 0) is 7.05 Å². The van der Waals surface area contributed by atoms with E-state index in [2.05, 4.69) is 5.10 Å². The van der Waals surface area contributed by atoms with Gasteiger partial charge in [0, 0.05) is 7.05 Å². The van der Waals surface area contributed by atoms with Gasteiger partial charge in [-0.1, -0.05) is 0 Å². The average molecular weight is 156 g/mol. The van der Waals surface area contributed by atoms with Gasteiger partial charge in [0.25, 0.3) is 0 Å². The summed E-state index contributed by atoms with van der Waals surface area (Å²) in [6.07, 6.45) is 1.56. The van der Waals surface area contributed by atoms with Crippen molar-refractivity contribution >= 4 is 12.7 Å². The molecule has 1 aromatic heterocycles. The SMILES string of the molecule is COc1cn(C)nc1B(O)O. The maximum absolute atomic E-state index is 8.75. The summed E-state index contributed by atoms with van der Waals surface area (Å²) in [4.78, 5) is 0. The number of hydrogen-bond donors (Lipinski definition) is 2. The summed E-state index contributed by atoms with van der Waals surface area (Å²) in [6.45, 7) is 0. The summed E-state index contributed by atoms with van der Waals surface area (Å²) in [5, 5.41) is 21.3.